The number of aromatic hydroxyl groups is 1. The second-order valence-electron chi connectivity index (χ2n) is 2.68. The average molecular weight is 212 g/mol. The Bertz CT molecular complexity index is 429. The Balaban J connectivity index is 3.35. The van der Waals surface area contributed by atoms with Crippen LogP contribution in [0.1, 0.15) is 10.4 Å². The molecule has 0 aromatic heterocycles. The number of phenols is 1. The number of benzene rings is 1. The van der Waals surface area contributed by atoms with Crippen LogP contribution in [0, 0.1) is 10.1 Å². The van der Waals surface area contributed by atoms with Gasteiger partial charge in [-0.15, -0.1) is 0 Å². The van der Waals surface area contributed by atoms with Crippen LogP contribution in [0.3, 0.4) is 0 Å². The van der Waals surface area contributed by atoms with Crippen molar-refractivity contribution in [3.63, 3.8) is 0 Å². The summed E-state index contributed by atoms with van der Waals surface area (Å²) in [6.45, 7) is 0. The van der Waals surface area contributed by atoms with Crippen molar-refractivity contribution in [1.82, 2.24) is 0 Å². The molecule has 0 heterocycles. The lowest BCUT2D eigenvalue weighted by molar-refractivity contribution is -0.385. The van der Waals surface area contributed by atoms with Gasteiger partial charge in [-0.25, -0.2) is 4.79 Å². The molecule has 0 radical (unpaired) electrons. The van der Waals surface area contributed by atoms with Gasteiger partial charge in [0, 0.05) is 6.07 Å². The highest BCUT2D eigenvalue weighted by Crippen LogP contribution is 2.33. The number of hydrogen-bond acceptors (Lipinski definition) is 6. The van der Waals surface area contributed by atoms with E-state index in [1.807, 2.05) is 0 Å². The average Bonchev–Trinajstić information content (AvgIpc) is 2.20. The second kappa shape index (κ2) is 3.82. The molecule has 0 aliphatic heterocycles. The fourth-order valence-corrected chi connectivity index (χ4v) is 1.02. The molecule has 0 aliphatic rings. The predicted octanol–water partition coefficient (Wildman–Crippen LogP) is 0.669. The lowest BCUT2D eigenvalue weighted by Gasteiger charge is -2.03. The Morgan fingerprint density at radius 2 is 2.20 bits per heavy atom. The van der Waals surface area contributed by atoms with Gasteiger partial charge in [0.05, 0.1) is 23.3 Å². The second-order valence-corrected chi connectivity index (χ2v) is 2.68. The highest BCUT2D eigenvalue weighted by molar-refractivity contribution is 5.92. The lowest BCUT2D eigenvalue weighted by Crippen LogP contribution is -2.04. The molecular formula is C8H8N2O5. The number of ether oxygens (including phenoxy) is 1. The third kappa shape index (κ3) is 1.96. The molecule has 0 fully saturated rings. The Kier molecular flexibility index (Phi) is 2.75. The van der Waals surface area contributed by atoms with Crippen molar-refractivity contribution in [3.05, 3.63) is 27.8 Å². The monoisotopic (exact) mass is 212 g/mol. The quantitative estimate of drug-likeness (QED) is 0.244. The molecule has 7 nitrogen and oxygen atoms in total. The van der Waals surface area contributed by atoms with E-state index < -0.39 is 22.3 Å². The summed E-state index contributed by atoms with van der Waals surface area (Å²) in [6.07, 6.45) is 0. The molecule has 0 amide bonds. The molecule has 0 spiro atoms. The molecule has 0 bridgehead atoms. The normalized spacial score (nSPS) is 9.67. The van der Waals surface area contributed by atoms with Crippen LogP contribution in [0.2, 0.25) is 0 Å². The Morgan fingerprint density at radius 1 is 1.60 bits per heavy atom. The van der Waals surface area contributed by atoms with Crippen LogP contribution < -0.4 is 5.73 Å². The first-order valence-corrected chi connectivity index (χ1v) is 3.82. The number of carbonyl (C=O) groups is 1. The first-order chi connectivity index (χ1) is 6.97. The van der Waals surface area contributed by atoms with Crippen molar-refractivity contribution in [3.8, 4) is 5.75 Å². The van der Waals surface area contributed by atoms with Gasteiger partial charge in [-0.2, -0.15) is 0 Å². The van der Waals surface area contributed by atoms with Crippen LogP contribution >= 0.6 is 0 Å². The van der Waals surface area contributed by atoms with Gasteiger partial charge in [-0.05, 0) is 6.07 Å². The summed E-state index contributed by atoms with van der Waals surface area (Å²) < 4.78 is 4.37. The summed E-state index contributed by atoms with van der Waals surface area (Å²) in [6, 6.07) is 2.01. The number of phenolic OH excluding ortho intramolecular Hbond substituents is 1. The number of nitro groups is 1. The molecule has 0 saturated heterocycles. The minimum atomic E-state index is -0.835. The lowest BCUT2D eigenvalue weighted by atomic mass is 10.1. The number of esters is 1. The van der Waals surface area contributed by atoms with Gasteiger partial charge >= 0.3 is 11.7 Å². The fourth-order valence-electron chi connectivity index (χ4n) is 1.02. The van der Waals surface area contributed by atoms with Crippen LogP contribution in [0.4, 0.5) is 11.4 Å². The van der Waals surface area contributed by atoms with E-state index in [0.717, 1.165) is 19.2 Å². The van der Waals surface area contributed by atoms with Gasteiger partial charge in [-0.1, -0.05) is 0 Å². The number of nitrogen functional groups attached to an aromatic ring is 1. The number of rotatable bonds is 2. The number of nitrogens with two attached hydrogens (primary N) is 1. The van der Waals surface area contributed by atoms with Crippen LogP contribution in [0.5, 0.6) is 5.75 Å². The number of nitro benzene ring substituents is 1. The third-order valence-corrected chi connectivity index (χ3v) is 1.74. The largest absolute Gasteiger partial charge is 0.501 e. The van der Waals surface area contributed by atoms with Crippen LogP contribution in [-0.4, -0.2) is 23.1 Å². The summed E-state index contributed by atoms with van der Waals surface area (Å²) in [5, 5.41) is 19.7. The summed E-state index contributed by atoms with van der Waals surface area (Å²) in [7, 11) is 1.14. The minimum Gasteiger partial charge on any atom is -0.501 e. The van der Waals surface area contributed by atoms with Gasteiger partial charge in [0.1, 0.15) is 0 Å². The third-order valence-electron chi connectivity index (χ3n) is 1.74. The molecular weight excluding hydrogens is 204 g/mol. The van der Waals surface area contributed by atoms with E-state index in [0.29, 0.717) is 0 Å². The Hall–Kier alpha value is -2.31. The molecule has 15 heavy (non-hydrogen) atoms. The Morgan fingerprint density at radius 3 is 2.67 bits per heavy atom. The molecule has 7 heteroatoms. The van der Waals surface area contributed by atoms with Crippen molar-refractivity contribution in [2.75, 3.05) is 12.8 Å². The Labute approximate surface area is 84.2 Å². The van der Waals surface area contributed by atoms with E-state index >= 15 is 0 Å². The molecule has 1 rings (SSSR count). The molecule has 1 aromatic carbocycles. The van der Waals surface area contributed by atoms with Gasteiger partial charge in [0.15, 0.2) is 0 Å². The van der Waals surface area contributed by atoms with Crippen LogP contribution in [0.25, 0.3) is 0 Å². The van der Waals surface area contributed by atoms with Gasteiger partial charge in [0.25, 0.3) is 0 Å². The SMILES string of the molecule is COC(=O)c1cc(N)c(O)c([N+](=O)[O-])c1. The van der Waals surface area contributed by atoms with Crippen molar-refractivity contribution in [1.29, 1.82) is 0 Å². The van der Waals surface area contributed by atoms with E-state index in [1.54, 1.807) is 0 Å². The summed E-state index contributed by atoms with van der Waals surface area (Å²) in [5.74, 6) is -1.42. The molecule has 3 N–H and O–H groups in total. The number of carbonyl (C=O) groups excluding carboxylic acids is 1. The topological polar surface area (TPSA) is 116 Å². The van der Waals surface area contributed by atoms with Crippen molar-refractivity contribution in [2.45, 2.75) is 0 Å². The van der Waals surface area contributed by atoms with E-state index in [2.05, 4.69) is 4.74 Å². The highest BCUT2D eigenvalue weighted by Gasteiger charge is 2.20. The van der Waals surface area contributed by atoms with Crippen LogP contribution in [-0.2, 0) is 4.74 Å². The molecule has 0 aliphatic carbocycles. The fraction of sp³-hybridized carbons (Fsp3) is 0.125. The maximum atomic E-state index is 11.1. The number of methoxy groups -OCH3 is 1. The molecule has 0 atom stereocenters. The standard InChI is InChI=1S/C8H8N2O5/c1-15-8(12)4-2-5(9)7(11)6(3-4)10(13)14/h2-3,11H,9H2,1H3. The zero-order valence-corrected chi connectivity index (χ0v) is 7.76. The smallest absolute Gasteiger partial charge is 0.338 e. The van der Waals surface area contributed by atoms with Gasteiger partial charge < -0.3 is 15.6 Å². The zero-order chi connectivity index (χ0) is 11.6. The van der Waals surface area contributed by atoms with Crippen molar-refractivity contribution in [2.24, 2.45) is 0 Å². The molecule has 0 unspecified atom stereocenters. The summed E-state index contributed by atoms with van der Waals surface area (Å²) >= 11 is 0. The predicted molar refractivity (Wildman–Crippen MR) is 50.5 cm³/mol. The maximum Gasteiger partial charge on any atom is 0.338 e. The van der Waals surface area contributed by atoms with Gasteiger partial charge in [0.2, 0.25) is 5.75 Å². The summed E-state index contributed by atoms with van der Waals surface area (Å²) in [5.41, 5.74) is 4.33. The zero-order valence-electron chi connectivity index (χ0n) is 7.76. The van der Waals surface area contributed by atoms with Gasteiger partial charge in [-0.3, -0.25) is 10.1 Å². The molecule has 0 saturated carbocycles. The van der Waals surface area contributed by atoms with Crippen LogP contribution in [0.15, 0.2) is 12.1 Å². The van der Waals surface area contributed by atoms with E-state index in [9.17, 15) is 20.0 Å². The highest BCUT2D eigenvalue weighted by atomic mass is 16.6. The minimum absolute atomic E-state index is 0.0838. The first-order valence-electron chi connectivity index (χ1n) is 3.82. The maximum absolute atomic E-state index is 11.1. The molecule has 80 valence electrons. The van der Waals surface area contributed by atoms with E-state index in [-0.39, 0.29) is 11.3 Å². The van der Waals surface area contributed by atoms with E-state index in [1.165, 1.54) is 0 Å². The summed E-state index contributed by atoms with van der Waals surface area (Å²) in [4.78, 5) is 20.7. The van der Waals surface area contributed by atoms with Crippen molar-refractivity contribution < 1.29 is 19.6 Å². The van der Waals surface area contributed by atoms with Crippen molar-refractivity contribution >= 4 is 17.3 Å². The molecule has 1 aromatic rings. The number of anilines is 1. The number of hydrogen-bond donors (Lipinski definition) is 2. The van der Waals surface area contributed by atoms with E-state index in [4.69, 9.17) is 5.73 Å². The first kappa shape index (κ1) is 10.8. The number of nitrogens with zero attached hydrogens (tertiary/aromatic N) is 1.